The third-order valence-electron chi connectivity index (χ3n) is 3.46. The lowest BCUT2D eigenvalue weighted by Crippen LogP contribution is -2.22. The van der Waals surface area contributed by atoms with Crippen LogP contribution in [-0.2, 0) is 0 Å². The minimum absolute atomic E-state index is 0.0437. The van der Waals surface area contributed by atoms with Crippen molar-refractivity contribution in [3.05, 3.63) is 22.3 Å². The van der Waals surface area contributed by atoms with Crippen molar-refractivity contribution >= 4 is 58.1 Å². The summed E-state index contributed by atoms with van der Waals surface area (Å²) in [5, 5.41) is 0.630. The van der Waals surface area contributed by atoms with Gasteiger partial charge in [-0.25, -0.2) is 4.98 Å². The van der Waals surface area contributed by atoms with Crippen LogP contribution in [0.2, 0.25) is 5.02 Å². The van der Waals surface area contributed by atoms with Crippen molar-refractivity contribution in [3.63, 3.8) is 0 Å². The zero-order chi connectivity index (χ0) is 15.5. The molecule has 0 bridgehead atoms. The third kappa shape index (κ3) is 1.55. The van der Waals surface area contributed by atoms with E-state index in [1.807, 2.05) is 0 Å². The van der Waals surface area contributed by atoms with Gasteiger partial charge in [0, 0.05) is 12.4 Å². The average molecular weight is 304 g/mol. The summed E-state index contributed by atoms with van der Waals surface area (Å²) in [5.41, 5.74) is 12.7. The number of hydrogen-bond acceptors (Lipinski definition) is 5. The lowest BCUT2D eigenvalue weighted by molar-refractivity contribution is 0.0995. The van der Waals surface area contributed by atoms with Gasteiger partial charge in [-0.3, -0.25) is 14.6 Å². The van der Waals surface area contributed by atoms with Crippen LogP contribution in [0, 0.1) is 0 Å². The number of nitrogen functional groups attached to an aromatic ring is 1. The molecule has 8 heteroatoms. The van der Waals surface area contributed by atoms with E-state index >= 15 is 0 Å². The van der Waals surface area contributed by atoms with Gasteiger partial charge in [0.1, 0.15) is 16.9 Å². The molecule has 2 heterocycles. The van der Waals surface area contributed by atoms with E-state index in [0.29, 0.717) is 16.6 Å². The highest BCUT2D eigenvalue weighted by molar-refractivity contribution is 6.41. The van der Waals surface area contributed by atoms with Crippen molar-refractivity contribution in [2.75, 3.05) is 17.7 Å². The van der Waals surface area contributed by atoms with Crippen LogP contribution in [0.3, 0.4) is 0 Å². The van der Waals surface area contributed by atoms with Crippen LogP contribution >= 0.6 is 11.6 Å². The number of primary amides is 1. The monoisotopic (exact) mass is 303 g/mol. The summed E-state index contributed by atoms with van der Waals surface area (Å²) in [7, 11) is 1.56. The number of anilines is 2. The number of carbonyl (C=O) groups excluding carboxylic acids is 2. The van der Waals surface area contributed by atoms with Crippen LogP contribution in [0.15, 0.2) is 11.1 Å². The molecule has 1 aromatic heterocycles. The highest BCUT2D eigenvalue weighted by Crippen LogP contribution is 2.49. The molecule has 0 atom stereocenters. The van der Waals surface area contributed by atoms with E-state index in [1.165, 1.54) is 11.0 Å². The molecule has 3 rings (SSSR count). The normalized spacial score (nSPS) is 13.0. The molecule has 21 heavy (non-hydrogen) atoms. The number of pyridine rings is 1. The number of hydrogen-bond donors (Lipinski definition) is 2. The molecule has 0 radical (unpaired) electrons. The fourth-order valence-corrected chi connectivity index (χ4v) is 2.73. The molecule has 0 fully saturated rings. The van der Waals surface area contributed by atoms with Crippen LogP contribution in [-0.4, -0.2) is 30.6 Å². The number of halogens is 1. The van der Waals surface area contributed by atoms with Crippen LogP contribution in [0.1, 0.15) is 20.8 Å². The maximum absolute atomic E-state index is 12.3. The van der Waals surface area contributed by atoms with Crippen LogP contribution in [0.5, 0.6) is 0 Å². The summed E-state index contributed by atoms with van der Waals surface area (Å²) in [4.78, 5) is 33.0. The second kappa shape index (κ2) is 4.16. The minimum Gasteiger partial charge on any atom is -0.396 e. The Morgan fingerprint density at radius 1 is 1.52 bits per heavy atom. The number of rotatable bonds is 2. The Morgan fingerprint density at radius 3 is 2.76 bits per heavy atom. The number of amides is 2. The van der Waals surface area contributed by atoms with Gasteiger partial charge in [-0.05, 0) is 12.8 Å². The summed E-state index contributed by atoms with van der Waals surface area (Å²) in [5.74, 6) is -1.07. The van der Waals surface area contributed by atoms with E-state index in [-0.39, 0.29) is 33.5 Å². The first kappa shape index (κ1) is 13.3. The summed E-state index contributed by atoms with van der Waals surface area (Å²) < 4.78 is 0. The Bertz CT molecular complexity index is 862. The zero-order valence-corrected chi connectivity index (χ0v) is 11.7. The Labute approximate surface area is 124 Å². The van der Waals surface area contributed by atoms with Crippen molar-refractivity contribution in [2.24, 2.45) is 10.7 Å². The largest absolute Gasteiger partial charge is 0.396 e. The van der Waals surface area contributed by atoms with E-state index in [2.05, 4.69) is 16.7 Å². The maximum Gasteiger partial charge on any atom is 0.267 e. The Hall–Kier alpha value is -2.67. The molecule has 0 saturated carbocycles. The molecule has 4 N–H and O–H groups in total. The first-order chi connectivity index (χ1) is 9.88. The quantitative estimate of drug-likeness (QED) is 0.646. The first-order valence-electron chi connectivity index (χ1n) is 5.88. The molecule has 0 aliphatic carbocycles. The van der Waals surface area contributed by atoms with E-state index in [4.69, 9.17) is 23.1 Å². The molecule has 106 valence electrons. The van der Waals surface area contributed by atoms with Gasteiger partial charge in [-0.2, -0.15) is 0 Å². The minimum atomic E-state index is -0.750. The molecule has 0 saturated heterocycles. The van der Waals surface area contributed by atoms with Crippen molar-refractivity contribution in [1.82, 2.24) is 4.98 Å². The third-order valence-corrected chi connectivity index (χ3v) is 3.84. The number of carbonyl (C=O) groups is 2. The molecule has 1 aliphatic rings. The van der Waals surface area contributed by atoms with Gasteiger partial charge in [0.2, 0.25) is 0 Å². The SMILES string of the molecule is C=Nc1c(Cl)c(N)c2c3c(cc(C(N)=O)nc13)C(=O)N2C. The number of aliphatic imine (C=N–C) groups is 1. The molecule has 2 amide bonds. The zero-order valence-electron chi connectivity index (χ0n) is 11.0. The Kier molecular flexibility index (Phi) is 2.64. The van der Waals surface area contributed by atoms with E-state index < -0.39 is 5.91 Å². The highest BCUT2D eigenvalue weighted by atomic mass is 35.5. The van der Waals surface area contributed by atoms with E-state index in [1.54, 1.807) is 7.05 Å². The maximum atomic E-state index is 12.3. The first-order valence-corrected chi connectivity index (χ1v) is 6.26. The summed E-state index contributed by atoms with van der Waals surface area (Å²) in [6.07, 6.45) is 0. The van der Waals surface area contributed by atoms with Crippen molar-refractivity contribution in [3.8, 4) is 0 Å². The second-order valence-electron chi connectivity index (χ2n) is 4.59. The highest BCUT2D eigenvalue weighted by Gasteiger charge is 2.33. The Morgan fingerprint density at radius 2 is 2.19 bits per heavy atom. The molecule has 7 nitrogen and oxygen atoms in total. The summed E-state index contributed by atoms with van der Waals surface area (Å²) in [6, 6.07) is 1.35. The van der Waals surface area contributed by atoms with Crippen LogP contribution in [0.25, 0.3) is 10.9 Å². The van der Waals surface area contributed by atoms with Gasteiger partial charge < -0.3 is 16.4 Å². The van der Waals surface area contributed by atoms with E-state index in [9.17, 15) is 9.59 Å². The fourth-order valence-electron chi connectivity index (χ4n) is 2.50. The summed E-state index contributed by atoms with van der Waals surface area (Å²) >= 11 is 6.17. The lowest BCUT2D eigenvalue weighted by atomic mass is 10.1. The number of benzene rings is 1. The van der Waals surface area contributed by atoms with Gasteiger partial charge in [0.05, 0.1) is 22.0 Å². The second-order valence-corrected chi connectivity index (χ2v) is 4.97. The topological polar surface area (TPSA) is 115 Å². The van der Waals surface area contributed by atoms with Crippen molar-refractivity contribution < 1.29 is 9.59 Å². The van der Waals surface area contributed by atoms with Gasteiger partial charge in [-0.1, -0.05) is 11.6 Å². The predicted octanol–water partition coefficient (Wildman–Crippen LogP) is 1.49. The smallest absolute Gasteiger partial charge is 0.267 e. The predicted molar refractivity (Wildman–Crippen MR) is 81.6 cm³/mol. The average Bonchev–Trinajstić information content (AvgIpc) is 2.70. The number of nitrogens with zero attached hydrogens (tertiary/aromatic N) is 3. The van der Waals surface area contributed by atoms with Gasteiger partial charge in [0.15, 0.2) is 0 Å². The molecule has 1 aliphatic heterocycles. The number of aromatic nitrogens is 1. The van der Waals surface area contributed by atoms with E-state index in [0.717, 1.165) is 0 Å². The lowest BCUT2D eigenvalue weighted by Gasteiger charge is -2.15. The molecule has 2 aromatic rings. The standard InChI is InChI=1S/C13H10ClN5O2/c1-17-10-7(14)8(15)11-6-4(13(21)19(11)2)3-5(12(16)20)18-9(6)10/h3H,1,15H2,2H3,(H2,16,20). The Balaban J connectivity index is 2.61. The summed E-state index contributed by atoms with van der Waals surface area (Å²) in [6.45, 7) is 3.43. The molecular formula is C13H10ClN5O2. The molecule has 0 spiro atoms. The van der Waals surface area contributed by atoms with Gasteiger partial charge in [0.25, 0.3) is 11.8 Å². The van der Waals surface area contributed by atoms with Crippen LogP contribution in [0.4, 0.5) is 17.1 Å². The van der Waals surface area contributed by atoms with Crippen molar-refractivity contribution in [1.29, 1.82) is 0 Å². The van der Waals surface area contributed by atoms with Gasteiger partial charge in [-0.15, -0.1) is 0 Å². The fraction of sp³-hybridized carbons (Fsp3) is 0.0769. The van der Waals surface area contributed by atoms with Crippen LogP contribution < -0.4 is 16.4 Å². The molecular weight excluding hydrogens is 294 g/mol. The molecule has 1 aromatic carbocycles. The molecule has 0 unspecified atom stereocenters. The van der Waals surface area contributed by atoms with Crippen molar-refractivity contribution in [2.45, 2.75) is 0 Å². The number of nitrogens with two attached hydrogens (primary N) is 2. The van der Waals surface area contributed by atoms with Gasteiger partial charge >= 0.3 is 0 Å².